The van der Waals surface area contributed by atoms with Gasteiger partial charge in [-0.3, -0.25) is 14.4 Å². The summed E-state index contributed by atoms with van der Waals surface area (Å²) in [7, 11) is 3.30. The molecule has 2 aromatic rings. The first-order valence-corrected chi connectivity index (χ1v) is 10.8. The van der Waals surface area contributed by atoms with Crippen LogP contribution in [-0.2, 0) is 9.59 Å². The van der Waals surface area contributed by atoms with Crippen molar-refractivity contribution in [3.63, 3.8) is 0 Å². The van der Waals surface area contributed by atoms with E-state index in [2.05, 4.69) is 10.6 Å². The van der Waals surface area contributed by atoms with Crippen molar-refractivity contribution < 1.29 is 19.1 Å². The van der Waals surface area contributed by atoms with Crippen LogP contribution in [0.25, 0.3) is 0 Å². The highest BCUT2D eigenvalue weighted by atomic mass is 35.5. The van der Waals surface area contributed by atoms with E-state index < -0.39 is 11.9 Å². The van der Waals surface area contributed by atoms with Gasteiger partial charge >= 0.3 is 0 Å². The molecule has 172 valence electrons. The summed E-state index contributed by atoms with van der Waals surface area (Å²) in [5.74, 6) is -0.301. The predicted octanol–water partition coefficient (Wildman–Crippen LogP) is 4.24. The van der Waals surface area contributed by atoms with Gasteiger partial charge in [-0.1, -0.05) is 37.0 Å². The van der Waals surface area contributed by atoms with Gasteiger partial charge in [0.1, 0.15) is 11.8 Å². The molecule has 1 unspecified atom stereocenters. The lowest BCUT2D eigenvalue weighted by Crippen LogP contribution is -2.44. The minimum atomic E-state index is -0.761. The maximum absolute atomic E-state index is 12.9. The van der Waals surface area contributed by atoms with Gasteiger partial charge in [0.15, 0.2) is 6.61 Å². The third-order valence-corrected chi connectivity index (χ3v) is 5.04. The highest BCUT2D eigenvalue weighted by Crippen LogP contribution is 2.22. The van der Waals surface area contributed by atoms with E-state index in [-0.39, 0.29) is 34.9 Å². The summed E-state index contributed by atoms with van der Waals surface area (Å²) in [6.45, 7) is 3.85. The third kappa shape index (κ3) is 7.73. The lowest BCUT2D eigenvalue weighted by Gasteiger charge is -2.20. The first kappa shape index (κ1) is 25.5. The molecule has 2 rings (SSSR count). The Balaban J connectivity index is 2.04. The van der Waals surface area contributed by atoms with Gasteiger partial charge in [0, 0.05) is 24.8 Å². The normalized spacial score (nSPS) is 11.6. The number of carbonyl (C=O) groups excluding carboxylic acids is 3. The first-order chi connectivity index (χ1) is 15.1. The Morgan fingerprint density at radius 2 is 1.69 bits per heavy atom. The van der Waals surface area contributed by atoms with Gasteiger partial charge in [0.2, 0.25) is 5.91 Å². The van der Waals surface area contributed by atoms with Crippen LogP contribution in [0.4, 0.5) is 5.69 Å². The topological polar surface area (TPSA) is 87.7 Å². The van der Waals surface area contributed by atoms with Crippen molar-refractivity contribution in [2.75, 3.05) is 26.0 Å². The number of benzene rings is 2. The second-order valence-corrected chi connectivity index (χ2v) is 8.71. The molecule has 7 nitrogen and oxygen atoms in total. The molecule has 0 radical (unpaired) electrons. The van der Waals surface area contributed by atoms with Crippen LogP contribution in [0.5, 0.6) is 5.75 Å². The van der Waals surface area contributed by atoms with Crippen LogP contribution in [0.2, 0.25) is 10.0 Å². The Morgan fingerprint density at radius 3 is 2.25 bits per heavy atom. The summed E-state index contributed by atoms with van der Waals surface area (Å²) >= 11 is 12.0. The number of hydrogen-bond acceptors (Lipinski definition) is 4. The van der Waals surface area contributed by atoms with Gasteiger partial charge in [-0.05, 0) is 54.8 Å². The summed E-state index contributed by atoms with van der Waals surface area (Å²) < 4.78 is 5.43. The molecule has 2 aromatic carbocycles. The van der Waals surface area contributed by atoms with Crippen molar-refractivity contribution >= 4 is 46.6 Å². The van der Waals surface area contributed by atoms with E-state index in [1.54, 1.807) is 44.4 Å². The molecule has 0 fully saturated rings. The van der Waals surface area contributed by atoms with E-state index in [0.29, 0.717) is 22.9 Å². The Bertz CT molecular complexity index is 962. The van der Waals surface area contributed by atoms with Gasteiger partial charge in [0.05, 0.1) is 10.6 Å². The molecular weight excluding hydrogens is 453 g/mol. The van der Waals surface area contributed by atoms with Crippen LogP contribution >= 0.6 is 23.2 Å². The van der Waals surface area contributed by atoms with Crippen LogP contribution in [0.15, 0.2) is 42.5 Å². The second kappa shape index (κ2) is 11.7. The summed E-state index contributed by atoms with van der Waals surface area (Å²) in [5, 5.41) is 6.18. The number of halogens is 2. The molecule has 9 heteroatoms. The van der Waals surface area contributed by atoms with Crippen molar-refractivity contribution in [2.45, 2.75) is 26.3 Å². The lowest BCUT2D eigenvalue weighted by molar-refractivity contribution is -0.130. The van der Waals surface area contributed by atoms with Crippen molar-refractivity contribution in [1.82, 2.24) is 10.2 Å². The third-order valence-electron chi connectivity index (χ3n) is 4.49. The quantitative estimate of drug-likeness (QED) is 0.562. The number of rotatable bonds is 9. The second-order valence-electron chi connectivity index (χ2n) is 7.87. The molecule has 32 heavy (non-hydrogen) atoms. The Morgan fingerprint density at radius 1 is 1.03 bits per heavy atom. The molecule has 0 saturated heterocycles. The largest absolute Gasteiger partial charge is 0.484 e. The minimum absolute atomic E-state index is 0.0749. The molecule has 0 saturated carbocycles. The first-order valence-electron chi connectivity index (χ1n) is 10.1. The molecule has 0 bridgehead atoms. The SMILES string of the molecule is CC(C)CC(NC(=O)c1ccc(Cl)cc1Cl)C(=O)Nc1ccc(OCC(=O)N(C)C)cc1. The van der Waals surface area contributed by atoms with Crippen molar-refractivity contribution in [1.29, 1.82) is 0 Å². The van der Waals surface area contributed by atoms with Crippen molar-refractivity contribution in [2.24, 2.45) is 5.92 Å². The van der Waals surface area contributed by atoms with Crippen LogP contribution in [-0.4, -0.2) is 49.4 Å². The Hall–Kier alpha value is -2.77. The van der Waals surface area contributed by atoms with E-state index in [9.17, 15) is 14.4 Å². The van der Waals surface area contributed by atoms with E-state index in [1.807, 2.05) is 13.8 Å². The van der Waals surface area contributed by atoms with E-state index in [1.165, 1.54) is 17.0 Å². The van der Waals surface area contributed by atoms with E-state index in [0.717, 1.165) is 0 Å². The van der Waals surface area contributed by atoms with Crippen LogP contribution in [0, 0.1) is 5.92 Å². The number of nitrogens with one attached hydrogen (secondary N) is 2. The van der Waals surface area contributed by atoms with E-state index >= 15 is 0 Å². The van der Waals surface area contributed by atoms with Gasteiger partial charge in [-0.2, -0.15) is 0 Å². The summed E-state index contributed by atoms with van der Waals surface area (Å²) in [5.41, 5.74) is 0.778. The molecule has 1 atom stereocenters. The smallest absolute Gasteiger partial charge is 0.259 e. The number of ether oxygens (including phenoxy) is 1. The maximum Gasteiger partial charge on any atom is 0.259 e. The maximum atomic E-state index is 12.9. The highest BCUT2D eigenvalue weighted by Gasteiger charge is 2.24. The fourth-order valence-corrected chi connectivity index (χ4v) is 3.24. The zero-order chi connectivity index (χ0) is 23.8. The zero-order valence-electron chi connectivity index (χ0n) is 18.4. The zero-order valence-corrected chi connectivity index (χ0v) is 20.0. The van der Waals surface area contributed by atoms with Gasteiger partial charge in [0.25, 0.3) is 11.8 Å². The molecule has 3 amide bonds. The van der Waals surface area contributed by atoms with Crippen molar-refractivity contribution in [3.8, 4) is 5.75 Å². The molecule has 0 aliphatic carbocycles. The molecule has 0 aliphatic rings. The molecule has 0 aliphatic heterocycles. The monoisotopic (exact) mass is 479 g/mol. The van der Waals surface area contributed by atoms with Crippen LogP contribution in [0.1, 0.15) is 30.6 Å². The van der Waals surface area contributed by atoms with Crippen LogP contribution in [0.3, 0.4) is 0 Å². The number of carbonyl (C=O) groups is 3. The number of hydrogen-bond donors (Lipinski definition) is 2. The van der Waals surface area contributed by atoms with Gasteiger partial charge in [-0.25, -0.2) is 0 Å². The summed E-state index contributed by atoms with van der Waals surface area (Å²) in [6.07, 6.45) is 0.441. The average Bonchev–Trinajstić information content (AvgIpc) is 2.71. The molecule has 0 spiro atoms. The lowest BCUT2D eigenvalue weighted by atomic mass is 10.0. The summed E-state index contributed by atoms with van der Waals surface area (Å²) in [4.78, 5) is 38.6. The highest BCUT2D eigenvalue weighted by molar-refractivity contribution is 6.36. The fraction of sp³-hybridized carbons (Fsp3) is 0.348. The predicted molar refractivity (Wildman–Crippen MR) is 126 cm³/mol. The number of nitrogens with zero attached hydrogens (tertiary/aromatic N) is 1. The minimum Gasteiger partial charge on any atom is -0.484 e. The average molecular weight is 480 g/mol. The van der Waals surface area contributed by atoms with Gasteiger partial charge in [-0.15, -0.1) is 0 Å². The molecule has 0 aromatic heterocycles. The number of amides is 3. The Labute approximate surface area is 198 Å². The molecule has 0 heterocycles. The number of anilines is 1. The molecule has 2 N–H and O–H groups in total. The molecular formula is C23H27Cl2N3O4. The van der Waals surface area contributed by atoms with Crippen molar-refractivity contribution in [3.05, 3.63) is 58.1 Å². The van der Waals surface area contributed by atoms with Crippen LogP contribution < -0.4 is 15.4 Å². The van der Waals surface area contributed by atoms with Gasteiger partial charge < -0.3 is 20.3 Å². The Kier molecular flexibility index (Phi) is 9.35. The fourth-order valence-electron chi connectivity index (χ4n) is 2.75. The standard InChI is InChI=1S/C23H27Cl2N3O4/c1-14(2)11-20(27-22(30)18-10-5-15(24)12-19(18)25)23(31)26-16-6-8-17(9-7-16)32-13-21(29)28(3)4/h5-10,12,14,20H,11,13H2,1-4H3,(H,26,31)(H,27,30). The summed E-state index contributed by atoms with van der Waals surface area (Å²) in [6, 6.07) is 10.4. The van der Waals surface area contributed by atoms with E-state index in [4.69, 9.17) is 27.9 Å². The number of likely N-dealkylation sites (N-methyl/N-ethyl adjacent to an activating group) is 1.